The summed E-state index contributed by atoms with van der Waals surface area (Å²) in [5, 5.41) is 9.08. The molecule has 6 nitrogen and oxygen atoms in total. The largest absolute Gasteiger partial charge is 0.477 e. The first-order valence-corrected chi connectivity index (χ1v) is 9.10. The lowest BCUT2D eigenvalue weighted by atomic mass is 10.1. The third-order valence-corrected chi connectivity index (χ3v) is 5.34. The number of fused-ring (bicyclic) bond motifs is 1. The molecule has 0 saturated heterocycles. The highest BCUT2D eigenvalue weighted by Gasteiger charge is 2.28. The Morgan fingerprint density at radius 1 is 1.07 bits per heavy atom. The van der Waals surface area contributed by atoms with Crippen LogP contribution in [0.15, 0.2) is 46.0 Å². The van der Waals surface area contributed by atoms with Crippen molar-refractivity contribution in [1.29, 1.82) is 0 Å². The Bertz CT molecular complexity index is 1130. The first-order chi connectivity index (χ1) is 13.2. The van der Waals surface area contributed by atoms with Gasteiger partial charge in [0, 0.05) is 13.1 Å². The number of hydrogen-bond donors (Lipinski definition) is 1. The van der Waals surface area contributed by atoms with Gasteiger partial charge in [-0.3, -0.25) is 13.9 Å². The van der Waals surface area contributed by atoms with Gasteiger partial charge in [0.2, 0.25) is 0 Å². The molecule has 0 saturated carbocycles. The van der Waals surface area contributed by atoms with E-state index in [1.54, 1.807) is 24.3 Å². The van der Waals surface area contributed by atoms with Crippen LogP contribution < -0.4 is 11.2 Å². The highest BCUT2D eigenvalue weighted by Crippen LogP contribution is 2.25. The van der Waals surface area contributed by atoms with E-state index in [0.717, 1.165) is 20.8 Å². The van der Waals surface area contributed by atoms with Crippen molar-refractivity contribution in [3.05, 3.63) is 67.7 Å². The maximum atomic E-state index is 12.7. The molecule has 3 aromatic rings. The standard InChI is InChI=1S/C18H15F3N2O4S/c19-18(20,21)7-9-23-15-12(10-13(28-15)16(25)26)14(24)22(17(23)27)8-6-11-4-2-1-3-5-11/h1-5,10H,6-9H2,(H,25,26). The van der Waals surface area contributed by atoms with Crippen LogP contribution in [0.3, 0.4) is 0 Å². The van der Waals surface area contributed by atoms with Crippen molar-refractivity contribution in [3.63, 3.8) is 0 Å². The van der Waals surface area contributed by atoms with Crippen molar-refractivity contribution in [3.8, 4) is 0 Å². The van der Waals surface area contributed by atoms with Gasteiger partial charge in [0.1, 0.15) is 9.71 Å². The molecule has 0 radical (unpaired) electrons. The fraction of sp³-hybridized carbons (Fsp3) is 0.278. The second-order valence-electron chi connectivity index (χ2n) is 6.13. The van der Waals surface area contributed by atoms with Gasteiger partial charge in [-0.05, 0) is 18.1 Å². The van der Waals surface area contributed by atoms with Gasteiger partial charge in [-0.1, -0.05) is 30.3 Å². The number of carboxylic acid groups (broad SMARTS) is 1. The zero-order chi connectivity index (χ0) is 20.5. The van der Waals surface area contributed by atoms with Crippen molar-refractivity contribution in [2.24, 2.45) is 0 Å². The molecule has 0 amide bonds. The summed E-state index contributed by atoms with van der Waals surface area (Å²) in [5.74, 6) is -1.31. The Morgan fingerprint density at radius 3 is 2.36 bits per heavy atom. The second kappa shape index (κ2) is 7.63. The normalized spacial score (nSPS) is 11.8. The minimum atomic E-state index is -4.50. The SMILES string of the molecule is O=C(O)c1cc2c(=O)n(CCc3ccccc3)c(=O)n(CCC(F)(F)F)c2s1. The second-order valence-corrected chi connectivity index (χ2v) is 7.16. The van der Waals surface area contributed by atoms with Crippen molar-refractivity contribution in [1.82, 2.24) is 9.13 Å². The number of aromatic carboxylic acids is 1. The van der Waals surface area contributed by atoms with Gasteiger partial charge < -0.3 is 5.11 Å². The topological polar surface area (TPSA) is 81.3 Å². The number of carboxylic acids is 1. The fourth-order valence-electron chi connectivity index (χ4n) is 2.82. The van der Waals surface area contributed by atoms with Crippen molar-refractivity contribution < 1.29 is 23.1 Å². The van der Waals surface area contributed by atoms with Crippen molar-refractivity contribution in [2.75, 3.05) is 0 Å². The average Bonchev–Trinajstić information content (AvgIpc) is 3.07. The minimum Gasteiger partial charge on any atom is -0.477 e. The summed E-state index contributed by atoms with van der Waals surface area (Å²) >= 11 is 0.617. The Hall–Kier alpha value is -2.88. The highest BCUT2D eigenvalue weighted by molar-refractivity contribution is 7.20. The molecule has 2 heterocycles. The molecule has 2 aromatic heterocycles. The molecule has 28 heavy (non-hydrogen) atoms. The van der Waals surface area contributed by atoms with Crippen LogP contribution in [-0.4, -0.2) is 26.4 Å². The van der Waals surface area contributed by atoms with Gasteiger partial charge in [0.25, 0.3) is 5.56 Å². The summed E-state index contributed by atoms with van der Waals surface area (Å²) in [7, 11) is 0. The summed E-state index contributed by atoms with van der Waals surface area (Å²) in [6.45, 7) is -0.716. The third-order valence-electron chi connectivity index (χ3n) is 4.19. The van der Waals surface area contributed by atoms with Gasteiger partial charge in [-0.15, -0.1) is 11.3 Å². The summed E-state index contributed by atoms with van der Waals surface area (Å²) in [6, 6.07) is 10.1. The van der Waals surface area contributed by atoms with Gasteiger partial charge in [0.15, 0.2) is 0 Å². The smallest absolute Gasteiger partial charge is 0.390 e. The van der Waals surface area contributed by atoms with E-state index < -0.39 is 36.4 Å². The van der Waals surface area contributed by atoms with Crippen LogP contribution in [0, 0.1) is 0 Å². The first kappa shape index (κ1) is 19.9. The molecule has 0 aliphatic carbocycles. The number of benzene rings is 1. The van der Waals surface area contributed by atoms with Crippen LogP contribution in [0.25, 0.3) is 10.2 Å². The monoisotopic (exact) mass is 412 g/mol. The molecule has 0 aliphatic rings. The van der Waals surface area contributed by atoms with E-state index in [9.17, 15) is 27.6 Å². The van der Waals surface area contributed by atoms with Crippen molar-refractivity contribution >= 4 is 27.5 Å². The van der Waals surface area contributed by atoms with E-state index in [2.05, 4.69) is 0 Å². The number of aryl methyl sites for hydroxylation is 2. The van der Waals surface area contributed by atoms with Gasteiger partial charge in [-0.2, -0.15) is 13.2 Å². The van der Waals surface area contributed by atoms with Crippen molar-refractivity contribution in [2.45, 2.75) is 32.1 Å². The molecule has 1 N–H and O–H groups in total. The summed E-state index contributed by atoms with van der Waals surface area (Å²) in [5.41, 5.74) is -0.730. The Balaban J connectivity index is 2.10. The maximum absolute atomic E-state index is 12.7. The van der Waals surface area contributed by atoms with Crippen LogP contribution >= 0.6 is 11.3 Å². The van der Waals surface area contributed by atoms with Gasteiger partial charge in [-0.25, -0.2) is 9.59 Å². The molecule has 0 spiro atoms. The number of nitrogens with zero attached hydrogens (tertiary/aromatic N) is 2. The molecule has 10 heteroatoms. The van der Waals surface area contributed by atoms with E-state index in [1.807, 2.05) is 6.07 Å². The molecule has 0 fully saturated rings. The lowest BCUT2D eigenvalue weighted by molar-refractivity contribution is -0.136. The van der Waals surface area contributed by atoms with Crippen LogP contribution in [-0.2, 0) is 19.5 Å². The number of hydrogen-bond acceptors (Lipinski definition) is 4. The number of thiophene rings is 1. The van der Waals surface area contributed by atoms with E-state index in [0.29, 0.717) is 17.8 Å². The van der Waals surface area contributed by atoms with E-state index in [1.165, 1.54) is 0 Å². The maximum Gasteiger partial charge on any atom is 0.390 e. The summed E-state index contributed by atoms with van der Waals surface area (Å²) < 4.78 is 39.7. The van der Waals surface area contributed by atoms with Gasteiger partial charge >= 0.3 is 17.8 Å². The van der Waals surface area contributed by atoms with E-state index >= 15 is 0 Å². The van der Waals surface area contributed by atoms with Crippen LogP contribution in [0.4, 0.5) is 13.2 Å². The lowest BCUT2D eigenvalue weighted by Gasteiger charge is -2.13. The number of alkyl halides is 3. The molecule has 0 unspecified atom stereocenters. The Morgan fingerprint density at radius 2 is 1.75 bits per heavy atom. The Kier molecular flexibility index (Phi) is 5.41. The predicted octanol–water partition coefficient (Wildman–Crippen LogP) is 3.12. The third kappa shape index (κ3) is 4.16. The molecular formula is C18H15F3N2O4S. The Labute approximate surface area is 160 Å². The minimum absolute atomic E-state index is 0.0259. The quantitative estimate of drug-likeness (QED) is 0.675. The van der Waals surface area contributed by atoms with Gasteiger partial charge in [0.05, 0.1) is 11.8 Å². The fourth-order valence-corrected chi connectivity index (χ4v) is 3.83. The zero-order valence-corrected chi connectivity index (χ0v) is 15.2. The number of rotatable bonds is 6. The summed E-state index contributed by atoms with van der Waals surface area (Å²) in [4.78, 5) is 36.4. The molecular weight excluding hydrogens is 397 g/mol. The number of halogens is 3. The molecule has 148 valence electrons. The molecule has 3 rings (SSSR count). The van der Waals surface area contributed by atoms with Crippen LogP contribution in [0.1, 0.15) is 21.7 Å². The molecule has 1 aromatic carbocycles. The number of carbonyl (C=O) groups is 1. The highest BCUT2D eigenvalue weighted by atomic mass is 32.1. The predicted molar refractivity (Wildman–Crippen MR) is 98.1 cm³/mol. The summed E-state index contributed by atoms with van der Waals surface area (Å²) in [6.07, 6.45) is -5.43. The molecule has 0 aliphatic heterocycles. The molecule has 0 atom stereocenters. The first-order valence-electron chi connectivity index (χ1n) is 8.28. The van der Waals surface area contributed by atoms with E-state index in [-0.39, 0.29) is 21.6 Å². The van der Waals surface area contributed by atoms with Crippen LogP contribution in [0.5, 0.6) is 0 Å². The van der Waals surface area contributed by atoms with E-state index in [4.69, 9.17) is 5.11 Å². The zero-order valence-electron chi connectivity index (χ0n) is 14.4. The number of aromatic nitrogens is 2. The molecule has 0 bridgehead atoms. The van der Waals surface area contributed by atoms with Crippen LogP contribution in [0.2, 0.25) is 0 Å². The average molecular weight is 412 g/mol. The lowest BCUT2D eigenvalue weighted by Crippen LogP contribution is -2.40.